The standard InChI is InChI=1S/C24H17N5O4S/c1-14-22(30)25-24-29(26-14)23(31)20(34-24)12-16-13-28(17-5-3-2-4-6-17)27-21(16)15-7-8-18-19(11-15)33-10-9-32-18/h2-8,11-13H,9-10H2,1H3/b20-12-. The van der Waals surface area contributed by atoms with E-state index in [2.05, 4.69) is 10.1 Å². The van der Waals surface area contributed by atoms with Crippen LogP contribution in [0.1, 0.15) is 11.3 Å². The molecule has 168 valence electrons. The monoisotopic (exact) mass is 471 g/mol. The fourth-order valence-electron chi connectivity index (χ4n) is 3.75. The molecule has 10 heteroatoms. The fraction of sp³-hybridized carbons (Fsp3) is 0.125. The SMILES string of the molecule is Cc1nn2c(=O)/c(=C/c3cn(-c4ccccc4)nc3-c3ccc4c(c3)OCCO4)sc2nc1=O. The van der Waals surface area contributed by atoms with E-state index >= 15 is 0 Å². The Balaban J connectivity index is 1.57. The lowest BCUT2D eigenvalue weighted by Crippen LogP contribution is -2.27. The van der Waals surface area contributed by atoms with Gasteiger partial charge in [-0.3, -0.25) is 9.59 Å². The second-order valence-electron chi connectivity index (χ2n) is 7.68. The molecule has 0 unspecified atom stereocenters. The predicted octanol–water partition coefficient (Wildman–Crippen LogP) is 1.99. The second-order valence-corrected chi connectivity index (χ2v) is 8.69. The van der Waals surface area contributed by atoms with Crippen molar-refractivity contribution in [2.75, 3.05) is 13.2 Å². The topological polar surface area (TPSA) is 101 Å². The van der Waals surface area contributed by atoms with Crippen LogP contribution in [-0.4, -0.2) is 37.6 Å². The van der Waals surface area contributed by atoms with Crippen LogP contribution in [0, 0.1) is 6.92 Å². The van der Waals surface area contributed by atoms with Gasteiger partial charge in [-0.2, -0.15) is 19.7 Å². The summed E-state index contributed by atoms with van der Waals surface area (Å²) >= 11 is 1.11. The third kappa shape index (κ3) is 3.44. The van der Waals surface area contributed by atoms with Crippen LogP contribution in [0.4, 0.5) is 0 Å². The van der Waals surface area contributed by atoms with Crippen molar-refractivity contribution in [1.82, 2.24) is 24.4 Å². The Labute approximate surface area is 196 Å². The molecular formula is C24H17N5O4S. The van der Waals surface area contributed by atoms with Crippen molar-refractivity contribution in [3.63, 3.8) is 0 Å². The van der Waals surface area contributed by atoms with Gasteiger partial charge < -0.3 is 9.47 Å². The number of ether oxygens (including phenoxy) is 2. The number of aryl methyl sites for hydroxylation is 1. The van der Waals surface area contributed by atoms with Crippen LogP contribution in [-0.2, 0) is 0 Å². The number of thiazole rings is 1. The number of rotatable bonds is 3. The zero-order chi connectivity index (χ0) is 23.2. The highest BCUT2D eigenvalue weighted by atomic mass is 32.1. The molecule has 0 N–H and O–H groups in total. The molecule has 6 rings (SSSR count). The average molecular weight is 471 g/mol. The van der Waals surface area contributed by atoms with Crippen molar-refractivity contribution >= 4 is 22.4 Å². The fourth-order valence-corrected chi connectivity index (χ4v) is 4.64. The van der Waals surface area contributed by atoms with Crippen LogP contribution in [0.3, 0.4) is 0 Å². The van der Waals surface area contributed by atoms with E-state index in [1.807, 2.05) is 54.7 Å². The van der Waals surface area contributed by atoms with Crippen LogP contribution < -0.4 is 25.1 Å². The normalized spacial score (nSPS) is 13.5. The summed E-state index contributed by atoms with van der Waals surface area (Å²) in [5, 5.41) is 8.90. The summed E-state index contributed by atoms with van der Waals surface area (Å²) in [6, 6.07) is 15.4. The summed E-state index contributed by atoms with van der Waals surface area (Å²) in [6.45, 7) is 2.52. The molecule has 9 nitrogen and oxygen atoms in total. The first-order valence-corrected chi connectivity index (χ1v) is 11.4. The van der Waals surface area contributed by atoms with Crippen molar-refractivity contribution in [3.8, 4) is 28.4 Å². The lowest BCUT2D eigenvalue weighted by molar-refractivity contribution is 0.171. The van der Waals surface area contributed by atoms with Gasteiger partial charge in [0, 0.05) is 17.3 Å². The van der Waals surface area contributed by atoms with E-state index < -0.39 is 5.56 Å². The van der Waals surface area contributed by atoms with Gasteiger partial charge in [-0.1, -0.05) is 29.5 Å². The van der Waals surface area contributed by atoms with Crippen LogP contribution in [0.25, 0.3) is 28.0 Å². The Hall–Kier alpha value is -4.31. The molecule has 5 aromatic rings. The number of aromatic nitrogens is 5. The van der Waals surface area contributed by atoms with Gasteiger partial charge >= 0.3 is 0 Å². The minimum Gasteiger partial charge on any atom is -0.486 e. The van der Waals surface area contributed by atoms with Crippen LogP contribution in [0.5, 0.6) is 11.5 Å². The zero-order valence-corrected chi connectivity index (χ0v) is 18.8. The molecule has 0 saturated heterocycles. The molecule has 3 aromatic heterocycles. The maximum Gasteiger partial charge on any atom is 0.295 e. The molecule has 0 spiro atoms. The van der Waals surface area contributed by atoms with Gasteiger partial charge in [-0.15, -0.1) is 0 Å². The number of hydrogen-bond acceptors (Lipinski definition) is 8. The van der Waals surface area contributed by atoms with Crippen LogP contribution in [0.2, 0.25) is 0 Å². The van der Waals surface area contributed by atoms with Crippen molar-refractivity contribution in [2.24, 2.45) is 0 Å². The maximum absolute atomic E-state index is 13.0. The summed E-state index contributed by atoms with van der Waals surface area (Å²) in [6.07, 6.45) is 3.61. The summed E-state index contributed by atoms with van der Waals surface area (Å²) < 4.78 is 14.7. The molecule has 0 amide bonds. The highest BCUT2D eigenvalue weighted by molar-refractivity contribution is 7.15. The van der Waals surface area contributed by atoms with E-state index in [0.29, 0.717) is 34.9 Å². The van der Waals surface area contributed by atoms with Gasteiger partial charge in [0.25, 0.3) is 11.1 Å². The van der Waals surface area contributed by atoms with Gasteiger partial charge in [0.05, 0.1) is 10.2 Å². The first-order chi connectivity index (χ1) is 16.6. The highest BCUT2D eigenvalue weighted by Crippen LogP contribution is 2.35. The molecule has 0 radical (unpaired) electrons. The number of para-hydroxylation sites is 1. The summed E-state index contributed by atoms with van der Waals surface area (Å²) in [7, 11) is 0. The summed E-state index contributed by atoms with van der Waals surface area (Å²) in [5.74, 6) is 1.34. The van der Waals surface area contributed by atoms with Crippen molar-refractivity contribution < 1.29 is 9.47 Å². The minimum absolute atomic E-state index is 0.174. The van der Waals surface area contributed by atoms with Crippen molar-refractivity contribution in [2.45, 2.75) is 6.92 Å². The van der Waals surface area contributed by atoms with E-state index in [-0.39, 0.29) is 16.2 Å². The molecule has 1 aliphatic heterocycles. The summed E-state index contributed by atoms with van der Waals surface area (Å²) in [4.78, 5) is 29.1. The quantitative estimate of drug-likeness (QED) is 0.397. The first-order valence-electron chi connectivity index (χ1n) is 10.5. The van der Waals surface area contributed by atoms with Gasteiger partial charge in [0.2, 0.25) is 4.96 Å². The van der Waals surface area contributed by atoms with Gasteiger partial charge in [0.15, 0.2) is 11.5 Å². The zero-order valence-electron chi connectivity index (χ0n) is 18.0. The Morgan fingerprint density at radius 2 is 1.79 bits per heavy atom. The predicted molar refractivity (Wildman–Crippen MR) is 127 cm³/mol. The molecule has 0 bridgehead atoms. The van der Waals surface area contributed by atoms with E-state index in [1.54, 1.807) is 10.8 Å². The molecule has 0 saturated carbocycles. The molecule has 0 atom stereocenters. The molecule has 34 heavy (non-hydrogen) atoms. The van der Waals surface area contributed by atoms with E-state index in [1.165, 1.54) is 11.4 Å². The van der Waals surface area contributed by atoms with E-state index in [9.17, 15) is 9.59 Å². The second kappa shape index (κ2) is 7.92. The Morgan fingerprint density at radius 1 is 1.00 bits per heavy atom. The summed E-state index contributed by atoms with van der Waals surface area (Å²) in [5.41, 5.74) is 2.49. The molecule has 0 aliphatic carbocycles. The molecule has 1 aliphatic rings. The maximum atomic E-state index is 13.0. The lowest BCUT2D eigenvalue weighted by atomic mass is 10.1. The highest BCUT2D eigenvalue weighted by Gasteiger charge is 2.17. The molecular weight excluding hydrogens is 454 g/mol. The third-order valence-corrected chi connectivity index (χ3v) is 6.37. The molecule has 2 aromatic carbocycles. The van der Waals surface area contributed by atoms with E-state index in [4.69, 9.17) is 14.6 Å². The van der Waals surface area contributed by atoms with Gasteiger partial charge in [-0.05, 0) is 43.3 Å². The Morgan fingerprint density at radius 3 is 2.62 bits per heavy atom. The number of fused-ring (bicyclic) bond motifs is 2. The Bertz CT molecular complexity index is 1720. The number of hydrogen-bond donors (Lipinski definition) is 0. The van der Waals surface area contributed by atoms with Crippen LogP contribution in [0.15, 0.2) is 64.3 Å². The molecule has 4 heterocycles. The van der Waals surface area contributed by atoms with Crippen LogP contribution >= 0.6 is 11.3 Å². The lowest BCUT2D eigenvalue weighted by Gasteiger charge is -2.18. The minimum atomic E-state index is -0.443. The number of nitrogens with zero attached hydrogens (tertiary/aromatic N) is 5. The Kier molecular flexibility index (Phi) is 4.73. The van der Waals surface area contributed by atoms with E-state index in [0.717, 1.165) is 28.2 Å². The molecule has 0 fully saturated rings. The first kappa shape index (κ1) is 20.3. The van der Waals surface area contributed by atoms with Gasteiger partial charge in [-0.25, -0.2) is 4.68 Å². The number of benzene rings is 2. The smallest absolute Gasteiger partial charge is 0.295 e. The van der Waals surface area contributed by atoms with Gasteiger partial charge in [0.1, 0.15) is 24.6 Å². The van der Waals surface area contributed by atoms with Crippen molar-refractivity contribution in [3.05, 3.63) is 91.2 Å². The van der Waals surface area contributed by atoms with Crippen molar-refractivity contribution in [1.29, 1.82) is 0 Å². The third-order valence-electron chi connectivity index (χ3n) is 5.41. The average Bonchev–Trinajstić information content (AvgIpc) is 3.41. The largest absolute Gasteiger partial charge is 0.486 e.